The molecule has 1 fully saturated rings. The summed E-state index contributed by atoms with van der Waals surface area (Å²) in [6.45, 7) is 5.92. The summed E-state index contributed by atoms with van der Waals surface area (Å²) in [5.74, 6) is -0.287. The number of halogens is 2. The van der Waals surface area contributed by atoms with Gasteiger partial charge in [-0.15, -0.1) is 0 Å². The lowest BCUT2D eigenvalue weighted by Crippen LogP contribution is -2.49. The summed E-state index contributed by atoms with van der Waals surface area (Å²) in [6, 6.07) is 12.2. The van der Waals surface area contributed by atoms with Crippen LogP contribution in [0.4, 0.5) is 4.39 Å². The van der Waals surface area contributed by atoms with Crippen LogP contribution in [0.3, 0.4) is 0 Å². The first kappa shape index (κ1) is 22.2. The van der Waals surface area contributed by atoms with Gasteiger partial charge in [0.05, 0.1) is 6.54 Å². The zero-order valence-electron chi connectivity index (χ0n) is 17.9. The molecule has 1 aliphatic heterocycles. The molecular weight excluding hydrogens is 429 g/mol. The summed E-state index contributed by atoms with van der Waals surface area (Å²) in [7, 11) is 0. The smallest absolute Gasteiger partial charge is 0.187 e. The number of hydrogen-bond donors (Lipinski definition) is 0. The third kappa shape index (κ3) is 5.60. The summed E-state index contributed by atoms with van der Waals surface area (Å²) in [6.07, 6.45) is 6.58. The second kappa shape index (κ2) is 10.1. The van der Waals surface area contributed by atoms with Crippen LogP contribution in [-0.2, 0) is 13.1 Å². The zero-order valence-corrected chi connectivity index (χ0v) is 18.6. The molecule has 0 amide bonds. The Morgan fingerprint density at radius 2 is 2.00 bits per heavy atom. The van der Waals surface area contributed by atoms with Crippen LogP contribution in [-0.4, -0.2) is 56.0 Å². The number of piperazine rings is 1. The molecule has 1 aromatic heterocycles. The summed E-state index contributed by atoms with van der Waals surface area (Å²) < 4.78 is 14.8. The van der Waals surface area contributed by atoms with Crippen molar-refractivity contribution in [3.63, 3.8) is 0 Å². The summed E-state index contributed by atoms with van der Waals surface area (Å²) >= 11 is 6.15. The minimum Gasteiger partial charge on any atom is -0.372 e. The normalized spacial score (nSPS) is 17.2. The Hall–Kier alpha value is -3.03. The lowest BCUT2D eigenvalue weighted by Gasteiger charge is -2.39. The van der Waals surface area contributed by atoms with E-state index in [4.69, 9.17) is 11.6 Å². The lowest BCUT2D eigenvalue weighted by atomic mass is 10.0. The van der Waals surface area contributed by atoms with Crippen molar-refractivity contribution < 1.29 is 9.18 Å². The molecule has 0 aliphatic carbocycles. The third-order valence-electron chi connectivity index (χ3n) is 5.63. The third-order valence-corrected chi connectivity index (χ3v) is 5.87. The number of carbonyl (C=O) groups is 1. The van der Waals surface area contributed by atoms with E-state index in [1.807, 2.05) is 18.3 Å². The second-order valence-electron chi connectivity index (χ2n) is 8.02. The Morgan fingerprint density at radius 1 is 1.19 bits per heavy atom. The quantitative estimate of drug-likeness (QED) is 0.399. The van der Waals surface area contributed by atoms with Crippen LogP contribution in [0, 0.1) is 5.82 Å². The van der Waals surface area contributed by atoms with Gasteiger partial charge in [-0.1, -0.05) is 23.7 Å². The van der Waals surface area contributed by atoms with Gasteiger partial charge in [0.25, 0.3) is 0 Å². The summed E-state index contributed by atoms with van der Waals surface area (Å²) in [5, 5.41) is 4.69. The Balaban J connectivity index is 1.38. The molecule has 166 valence electrons. The van der Waals surface area contributed by atoms with E-state index in [0.29, 0.717) is 17.1 Å². The fourth-order valence-corrected chi connectivity index (χ4v) is 4.13. The molecule has 3 aromatic rings. The number of aromatic nitrogens is 3. The maximum absolute atomic E-state index is 13.1. The highest BCUT2D eigenvalue weighted by molar-refractivity contribution is 6.30. The van der Waals surface area contributed by atoms with Crippen molar-refractivity contribution in [1.82, 2.24) is 24.6 Å². The predicted octanol–water partition coefficient (Wildman–Crippen LogP) is 4.02. The van der Waals surface area contributed by atoms with Crippen LogP contribution in [0.1, 0.15) is 28.4 Å². The summed E-state index contributed by atoms with van der Waals surface area (Å²) in [5.41, 5.74) is 2.50. The molecule has 0 saturated carbocycles. The van der Waals surface area contributed by atoms with Crippen molar-refractivity contribution >= 4 is 17.4 Å². The first-order valence-corrected chi connectivity index (χ1v) is 10.9. The van der Waals surface area contributed by atoms with Gasteiger partial charge in [-0.2, -0.15) is 5.10 Å². The van der Waals surface area contributed by atoms with Crippen LogP contribution in [0.25, 0.3) is 0 Å². The molecule has 4 rings (SSSR count). The number of ketones is 1. The highest BCUT2D eigenvalue weighted by Crippen LogP contribution is 2.19. The van der Waals surface area contributed by atoms with E-state index in [9.17, 15) is 9.18 Å². The van der Waals surface area contributed by atoms with Crippen LogP contribution in [0.15, 0.2) is 67.4 Å². The number of carbonyl (C=O) groups excluding carboxylic acids is 1. The molecule has 1 saturated heterocycles. The number of rotatable bonds is 7. The minimum absolute atomic E-state index is 0.0716. The van der Waals surface area contributed by atoms with Crippen molar-refractivity contribution in [3.05, 3.63) is 94.9 Å². The molecule has 1 aliphatic rings. The molecule has 32 heavy (non-hydrogen) atoms. The average molecular weight is 454 g/mol. The van der Waals surface area contributed by atoms with Gasteiger partial charge in [0, 0.05) is 55.1 Å². The van der Waals surface area contributed by atoms with Crippen LogP contribution >= 0.6 is 11.6 Å². The van der Waals surface area contributed by atoms with E-state index in [1.54, 1.807) is 35.3 Å². The lowest BCUT2D eigenvalue weighted by molar-refractivity contribution is 0.102. The van der Waals surface area contributed by atoms with Crippen molar-refractivity contribution in [2.75, 3.05) is 19.6 Å². The van der Waals surface area contributed by atoms with Crippen LogP contribution < -0.4 is 0 Å². The fraction of sp³-hybridized carbons (Fsp3) is 0.292. The van der Waals surface area contributed by atoms with Gasteiger partial charge in [-0.05, 0) is 48.4 Å². The van der Waals surface area contributed by atoms with E-state index in [1.165, 1.54) is 18.5 Å². The Kier molecular flexibility index (Phi) is 6.97. The molecule has 2 heterocycles. The van der Waals surface area contributed by atoms with Gasteiger partial charge >= 0.3 is 0 Å². The average Bonchev–Trinajstić information content (AvgIpc) is 3.28. The molecule has 1 atom stereocenters. The topological polar surface area (TPSA) is 54.3 Å². The first-order chi connectivity index (χ1) is 15.5. The zero-order chi connectivity index (χ0) is 22.5. The maximum atomic E-state index is 13.1. The number of benzene rings is 2. The number of allylic oxidation sites excluding steroid dienone is 1. The van der Waals surface area contributed by atoms with Gasteiger partial charge in [-0.25, -0.2) is 14.1 Å². The summed E-state index contributed by atoms with van der Waals surface area (Å²) in [4.78, 5) is 21.4. The van der Waals surface area contributed by atoms with Gasteiger partial charge < -0.3 is 4.90 Å². The minimum atomic E-state index is -0.216. The highest BCUT2D eigenvalue weighted by atomic mass is 35.5. The first-order valence-electron chi connectivity index (χ1n) is 10.5. The SMILES string of the molecule is CC1CN(Cc2ccc(F)cc2)CCN1/C=C/C(=O)c1ccc(Cl)cc1Cn1cncn1. The van der Waals surface area contributed by atoms with Gasteiger partial charge in [-0.3, -0.25) is 9.69 Å². The Morgan fingerprint density at radius 3 is 2.72 bits per heavy atom. The van der Waals surface area contributed by atoms with E-state index in [-0.39, 0.29) is 17.6 Å². The van der Waals surface area contributed by atoms with Crippen molar-refractivity contribution in [3.8, 4) is 0 Å². The Labute approximate surface area is 191 Å². The Bertz CT molecular complexity index is 1080. The standard InChI is InChI=1S/C24H25ClFN5O/c1-18-13-29(14-19-2-5-22(26)6-3-19)10-11-30(18)9-8-24(32)23-7-4-21(25)12-20(23)15-31-17-27-16-28-31/h2-9,12,16-18H,10-11,13-15H2,1H3/b9-8+. The second-order valence-corrected chi connectivity index (χ2v) is 8.46. The van der Waals surface area contributed by atoms with Crippen LogP contribution in [0.5, 0.6) is 0 Å². The molecule has 1 unspecified atom stereocenters. The molecule has 0 bridgehead atoms. The van der Waals surface area contributed by atoms with Crippen LogP contribution in [0.2, 0.25) is 5.02 Å². The molecule has 2 aromatic carbocycles. The van der Waals surface area contributed by atoms with E-state index in [2.05, 4.69) is 26.8 Å². The fourth-order valence-electron chi connectivity index (χ4n) is 3.94. The van der Waals surface area contributed by atoms with E-state index >= 15 is 0 Å². The van der Waals surface area contributed by atoms with Gasteiger partial charge in [0.2, 0.25) is 0 Å². The maximum Gasteiger partial charge on any atom is 0.187 e. The van der Waals surface area contributed by atoms with Crippen molar-refractivity contribution in [2.24, 2.45) is 0 Å². The number of hydrogen-bond acceptors (Lipinski definition) is 5. The predicted molar refractivity (Wildman–Crippen MR) is 122 cm³/mol. The molecule has 6 nitrogen and oxygen atoms in total. The van der Waals surface area contributed by atoms with E-state index in [0.717, 1.165) is 37.3 Å². The molecule has 8 heteroatoms. The molecule has 0 spiro atoms. The van der Waals surface area contributed by atoms with Crippen molar-refractivity contribution in [1.29, 1.82) is 0 Å². The molecular formula is C24H25ClFN5O. The molecule has 0 N–H and O–H groups in total. The highest BCUT2D eigenvalue weighted by Gasteiger charge is 2.21. The van der Waals surface area contributed by atoms with Gasteiger partial charge in [0.15, 0.2) is 5.78 Å². The largest absolute Gasteiger partial charge is 0.372 e. The number of nitrogens with zero attached hydrogens (tertiary/aromatic N) is 5. The van der Waals surface area contributed by atoms with Crippen molar-refractivity contribution in [2.45, 2.75) is 26.1 Å². The monoisotopic (exact) mass is 453 g/mol. The van der Waals surface area contributed by atoms with Gasteiger partial charge in [0.1, 0.15) is 18.5 Å². The molecule has 0 radical (unpaired) electrons. The van der Waals surface area contributed by atoms with E-state index < -0.39 is 0 Å².